The number of amides is 2. The SMILES string of the molecule is Cc1ccccc1-c1nnc(SCC(=O)NNC(=O)c2cccs2)n1C. The Balaban J connectivity index is 1.56. The van der Waals surface area contributed by atoms with E-state index in [1.807, 2.05) is 42.8 Å². The van der Waals surface area contributed by atoms with Crippen LogP contribution in [0.5, 0.6) is 0 Å². The fourth-order valence-electron chi connectivity index (χ4n) is 2.26. The van der Waals surface area contributed by atoms with Crippen LogP contribution in [0.2, 0.25) is 0 Å². The zero-order valence-electron chi connectivity index (χ0n) is 14.2. The lowest BCUT2D eigenvalue weighted by atomic mass is 10.1. The van der Waals surface area contributed by atoms with Crippen molar-refractivity contribution in [2.75, 3.05) is 5.75 Å². The molecule has 0 aliphatic heterocycles. The van der Waals surface area contributed by atoms with Crippen LogP contribution >= 0.6 is 23.1 Å². The van der Waals surface area contributed by atoms with Crippen molar-refractivity contribution in [3.63, 3.8) is 0 Å². The largest absolute Gasteiger partial charge is 0.305 e. The highest BCUT2D eigenvalue weighted by Crippen LogP contribution is 2.24. The molecule has 0 aliphatic carbocycles. The molecule has 134 valence electrons. The molecule has 0 saturated heterocycles. The van der Waals surface area contributed by atoms with Gasteiger partial charge >= 0.3 is 0 Å². The van der Waals surface area contributed by atoms with Crippen LogP contribution in [0, 0.1) is 6.92 Å². The van der Waals surface area contributed by atoms with E-state index >= 15 is 0 Å². The summed E-state index contributed by atoms with van der Waals surface area (Å²) in [4.78, 5) is 24.3. The number of hydrogen-bond donors (Lipinski definition) is 2. The van der Waals surface area contributed by atoms with Crippen LogP contribution < -0.4 is 10.9 Å². The number of rotatable bonds is 5. The summed E-state index contributed by atoms with van der Waals surface area (Å²) in [6.45, 7) is 2.01. The van der Waals surface area contributed by atoms with Crippen LogP contribution in [-0.4, -0.2) is 32.3 Å². The first kappa shape index (κ1) is 18.2. The molecule has 26 heavy (non-hydrogen) atoms. The second-order valence-electron chi connectivity index (χ2n) is 5.45. The molecule has 0 radical (unpaired) electrons. The highest BCUT2D eigenvalue weighted by Gasteiger charge is 2.14. The van der Waals surface area contributed by atoms with Crippen molar-refractivity contribution in [2.24, 2.45) is 7.05 Å². The van der Waals surface area contributed by atoms with Crippen LogP contribution in [0.15, 0.2) is 46.9 Å². The highest BCUT2D eigenvalue weighted by atomic mass is 32.2. The minimum absolute atomic E-state index is 0.116. The number of aromatic nitrogens is 3. The average molecular weight is 387 g/mol. The Hall–Kier alpha value is -2.65. The number of benzene rings is 1. The van der Waals surface area contributed by atoms with Gasteiger partial charge in [0.25, 0.3) is 5.91 Å². The van der Waals surface area contributed by atoms with Gasteiger partial charge in [0, 0.05) is 12.6 Å². The van der Waals surface area contributed by atoms with Crippen LogP contribution in [0.25, 0.3) is 11.4 Å². The molecule has 0 fully saturated rings. The molecule has 9 heteroatoms. The third-order valence-electron chi connectivity index (χ3n) is 3.61. The maximum absolute atomic E-state index is 11.9. The number of nitrogens with zero attached hydrogens (tertiary/aromatic N) is 3. The Morgan fingerprint density at radius 1 is 1.15 bits per heavy atom. The number of thiophene rings is 1. The molecule has 1 aromatic carbocycles. The van der Waals surface area contributed by atoms with Crippen LogP contribution in [0.4, 0.5) is 0 Å². The molecule has 7 nitrogen and oxygen atoms in total. The van der Waals surface area contributed by atoms with Gasteiger partial charge in [0.05, 0.1) is 10.6 Å². The summed E-state index contributed by atoms with van der Waals surface area (Å²) in [5.41, 5.74) is 6.89. The topological polar surface area (TPSA) is 88.9 Å². The van der Waals surface area contributed by atoms with Crippen molar-refractivity contribution in [3.05, 3.63) is 52.2 Å². The van der Waals surface area contributed by atoms with Gasteiger partial charge in [0.15, 0.2) is 11.0 Å². The van der Waals surface area contributed by atoms with E-state index in [2.05, 4.69) is 21.0 Å². The Labute approximate surface area is 158 Å². The van der Waals surface area contributed by atoms with Crippen molar-refractivity contribution in [3.8, 4) is 11.4 Å². The number of carbonyl (C=O) groups excluding carboxylic acids is 2. The molecule has 3 aromatic rings. The Morgan fingerprint density at radius 3 is 2.69 bits per heavy atom. The van der Waals surface area contributed by atoms with Crippen molar-refractivity contribution in [2.45, 2.75) is 12.1 Å². The molecule has 0 unspecified atom stereocenters. The summed E-state index contributed by atoms with van der Waals surface area (Å²) in [6.07, 6.45) is 0. The van der Waals surface area contributed by atoms with Gasteiger partial charge in [-0.25, -0.2) is 0 Å². The monoisotopic (exact) mass is 387 g/mol. The number of hydrazine groups is 1. The lowest BCUT2D eigenvalue weighted by molar-refractivity contribution is -0.119. The second-order valence-corrected chi connectivity index (χ2v) is 7.34. The molecule has 0 atom stereocenters. The number of thioether (sulfide) groups is 1. The summed E-state index contributed by atoms with van der Waals surface area (Å²) in [7, 11) is 1.86. The van der Waals surface area contributed by atoms with Crippen molar-refractivity contribution in [1.82, 2.24) is 25.6 Å². The normalized spacial score (nSPS) is 10.5. The van der Waals surface area contributed by atoms with Gasteiger partial charge in [-0.05, 0) is 23.9 Å². The molecule has 0 aliphatic rings. The van der Waals surface area contributed by atoms with Gasteiger partial charge in [-0.3, -0.25) is 20.4 Å². The fourth-order valence-corrected chi connectivity index (χ4v) is 3.59. The molecule has 0 bridgehead atoms. The number of hydrogen-bond acceptors (Lipinski definition) is 6. The number of carbonyl (C=O) groups is 2. The van der Waals surface area contributed by atoms with E-state index < -0.39 is 0 Å². The third-order valence-corrected chi connectivity index (χ3v) is 5.50. The average Bonchev–Trinajstić information content (AvgIpc) is 3.29. The zero-order valence-corrected chi connectivity index (χ0v) is 15.9. The summed E-state index contributed by atoms with van der Waals surface area (Å²) >= 11 is 2.56. The van der Waals surface area contributed by atoms with E-state index in [9.17, 15) is 9.59 Å². The first-order chi connectivity index (χ1) is 12.6. The molecule has 2 heterocycles. The maximum Gasteiger partial charge on any atom is 0.279 e. The summed E-state index contributed by atoms with van der Waals surface area (Å²) < 4.78 is 1.85. The molecule has 2 N–H and O–H groups in total. The molecular formula is C17H17N5O2S2. The van der Waals surface area contributed by atoms with Gasteiger partial charge in [-0.2, -0.15) is 0 Å². The van der Waals surface area contributed by atoms with E-state index in [4.69, 9.17) is 0 Å². The lowest BCUT2D eigenvalue weighted by Crippen LogP contribution is -2.42. The van der Waals surface area contributed by atoms with Crippen LogP contribution in [-0.2, 0) is 11.8 Å². The quantitative estimate of drug-likeness (QED) is 0.518. The third kappa shape index (κ3) is 4.12. The molecule has 0 saturated carbocycles. The van der Waals surface area contributed by atoms with E-state index in [0.29, 0.717) is 10.0 Å². The molecular weight excluding hydrogens is 370 g/mol. The minimum atomic E-state index is -0.334. The van der Waals surface area contributed by atoms with E-state index in [1.54, 1.807) is 17.5 Å². The van der Waals surface area contributed by atoms with E-state index in [-0.39, 0.29) is 17.6 Å². The Bertz CT molecular complexity index is 921. The van der Waals surface area contributed by atoms with Crippen molar-refractivity contribution < 1.29 is 9.59 Å². The van der Waals surface area contributed by atoms with Crippen LogP contribution in [0.1, 0.15) is 15.2 Å². The summed E-state index contributed by atoms with van der Waals surface area (Å²) in [5, 5.41) is 10.8. The maximum atomic E-state index is 11.9. The first-order valence-electron chi connectivity index (χ1n) is 7.77. The fraction of sp³-hybridized carbons (Fsp3) is 0.176. The van der Waals surface area contributed by atoms with Gasteiger partial charge in [0.2, 0.25) is 5.91 Å². The highest BCUT2D eigenvalue weighted by molar-refractivity contribution is 7.99. The summed E-state index contributed by atoms with van der Waals surface area (Å²) in [6, 6.07) is 11.4. The molecule has 0 spiro atoms. The van der Waals surface area contributed by atoms with Gasteiger partial charge in [-0.15, -0.1) is 21.5 Å². The summed E-state index contributed by atoms with van der Waals surface area (Å²) in [5.74, 6) is 0.209. The Kier molecular flexibility index (Phi) is 5.69. The minimum Gasteiger partial charge on any atom is -0.305 e. The standard InChI is InChI=1S/C17H17N5O2S2/c1-11-6-3-4-7-12(11)15-19-21-17(22(15)2)26-10-14(23)18-20-16(24)13-8-5-9-25-13/h3-9H,10H2,1-2H3,(H,18,23)(H,20,24). The van der Waals surface area contributed by atoms with E-state index in [1.165, 1.54) is 23.1 Å². The number of aryl methyl sites for hydroxylation is 1. The van der Waals surface area contributed by atoms with E-state index in [0.717, 1.165) is 17.0 Å². The first-order valence-corrected chi connectivity index (χ1v) is 9.63. The molecule has 3 rings (SSSR count). The van der Waals surface area contributed by atoms with Gasteiger partial charge in [0.1, 0.15) is 0 Å². The lowest BCUT2D eigenvalue weighted by Gasteiger charge is -2.07. The second kappa shape index (κ2) is 8.15. The van der Waals surface area contributed by atoms with Crippen molar-refractivity contribution in [1.29, 1.82) is 0 Å². The number of nitrogens with one attached hydrogen (secondary N) is 2. The van der Waals surface area contributed by atoms with Crippen molar-refractivity contribution >= 4 is 34.9 Å². The Morgan fingerprint density at radius 2 is 1.96 bits per heavy atom. The predicted octanol–water partition coefficient (Wildman–Crippen LogP) is 2.41. The van der Waals surface area contributed by atoms with Gasteiger partial charge < -0.3 is 4.57 Å². The van der Waals surface area contributed by atoms with Gasteiger partial charge in [-0.1, -0.05) is 42.1 Å². The predicted molar refractivity (Wildman–Crippen MR) is 102 cm³/mol. The molecule has 2 aromatic heterocycles. The molecule has 2 amide bonds. The smallest absolute Gasteiger partial charge is 0.279 e. The van der Waals surface area contributed by atoms with Crippen LogP contribution in [0.3, 0.4) is 0 Å². The zero-order chi connectivity index (χ0) is 18.5.